The van der Waals surface area contributed by atoms with E-state index in [1.807, 2.05) is 43.3 Å². The summed E-state index contributed by atoms with van der Waals surface area (Å²) in [4.78, 5) is 11.4. The van der Waals surface area contributed by atoms with Crippen LogP contribution in [0, 0.1) is 0 Å². The van der Waals surface area contributed by atoms with Gasteiger partial charge in [0.2, 0.25) is 0 Å². The van der Waals surface area contributed by atoms with Gasteiger partial charge in [0.1, 0.15) is 0 Å². The molecule has 0 aliphatic carbocycles. The second-order valence-corrected chi connectivity index (χ2v) is 3.32. The van der Waals surface area contributed by atoms with Crippen molar-refractivity contribution in [3.05, 3.63) is 60.3 Å². The second-order valence-electron chi connectivity index (χ2n) is 3.32. The second kappa shape index (κ2) is 6.45. The largest absolute Gasteiger partial charge is 0.334 e. The number of carbonyl (C=O) groups is 1. The molecule has 0 atom stereocenters. The number of nitrogens with one attached hydrogen (secondary N) is 2. The molecule has 0 saturated carbocycles. The van der Waals surface area contributed by atoms with Gasteiger partial charge in [0.25, 0.3) is 0 Å². The Hall–Kier alpha value is -2.03. The Kier molecular flexibility index (Phi) is 4.86. The monoisotopic (exact) mass is 216 g/mol. The van der Waals surface area contributed by atoms with E-state index in [2.05, 4.69) is 17.2 Å². The normalized spacial score (nSPS) is 10.1. The molecule has 0 saturated heterocycles. The molecule has 0 radical (unpaired) electrons. The number of carbonyl (C=O) groups excluding carboxylic acids is 1. The van der Waals surface area contributed by atoms with E-state index in [1.54, 1.807) is 6.08 Å². The minimum atomic E-state index is -0.244. The molecule has 16 heavy (non-hydrogen) atoms. The fraction of sp³-hybridized carbons (Fsp3) is 0.154. The zero-order chi connectivity index (χ0) is 11.8. The fourth-order valence-corrected chi connectivity index (χ4v) is 1.21. The van der Waals surface area contributed by atoms with Crippen LogP contribution in [0.3, 0.4) is 0 Å². The lowest BCUT2D eigenvalue weighted by Crippen LogP contribution is -2.33. The number of allylic oxidation sites excluding steroid dienone is 2. The molecule has 0 aromatic heterocycles. The van der Waals surface area contributed by atoms with Crippen molar-refractivity contribution in [2.45, 2.75) is 13.5 Å². The highest BCUT2D eigenvalue weighted by atomic mass is 16.2. The first-order chi connectivity index (χ1) is 7.72. The Balaban J connectivity index is 2.33. The van der Waals surface area contributed by atoms with Gasteiger partial charge in [0, 0.05) is 12.2 Å². The molecule has 0 heterocycles. The summed E-state index contributed by atoms with van der Waals surface area (Å²) >= 11 is 0. The topological polar surface area (TPSA) is 41.1 Å². The lowest BCUT2D eigenvalue weighted by molar-refractivity contribution is 0.243. The van der Waals surface area contributed by atoms with Crippen LogP contribution in [0.15, 0.2) is 54.8 Å². The van der Waals surface area contributed by atoms with Gasteiger partial charge in [0.05, 0.1) is 0 Å². The Bertz CT molecular complexity index is 382. The smallest absolute Gasteiger partial charge is 0.319 e. The fourth-order valence-electron chi connectivity index (χ4n) is 1.21. The maximum Gasteiger partial charge on any atom is 0.319 e. The molecule has 1 rings (SSSR count). The summed E-state index contributed by atoms with van der Waals surface area (Å²) in [5.74, 6) is 0. The minimum absolute atomic E-state index is 0.244. The standard InChI is InChI=1S/C13H16N2O/c1-3-7-11(2)15-13(16)14-10-12-8-5-4-6-9-12/h3-9H,2,10H2,1H3,(H2,14,15,16)/b7-3-. The zero-order valence-corrected chi connectivity index (χ0v) is 9.36. The van der Waals surface area contributed by atoms with Crippen molar-refractivity contribution in [3.8, 4) is 0 Å². The van der Waals surface area contributed by atoms with Crippen molar-refractivity contribution in [1.82, 2.24) is 10.6 Å². The van der Waals surface area contributed by atoms with Crippen molar-refractivity contribution >= 4 is 6.03 Å². The van der Waals surface area contributed by atoms with Crippen LogP contribution >= 0.6 is 0 Å². The molecule has 2 amide bonds. The van der Waals surface area contributed by atoms with Gasteiger partial charge in [-0.25, -0.2) is 4.79 Å². The lowest BCUT2D eigenvalue weighted by Gasteiger charge is -2.07. The maximum absolute atomic E-state index is 11.4. The van der Waals surface area contributed by atoms with Crippen LogP contribution in [0.1, 0.15) is 12.5 Å². The Labute approximate surface area is 95.9 Å². The summed E-state index contributed by atoms with van der Waals surface area (Å²) in [5, 5.41) is 5.36. The molecule has 0 aliphatic rings. The maximum atomic E-state index is 11.4. The van der Waals surface area contributed by atoms with E-state index in [0.29, 0.717) is 12.2 Å². The van der Waals surface area contributed by atoms with E-state index in [1.165, 1.54) is 0 Å². The molecule has 1 aromatic rings. The molecule has 0 unspecified atom stereocenters. The third-order valence-electron chi connectivity index (χ3n) is 1.94. The van der Waals surface area contributed by atoms with Crippen molar-refractivity contribution in [3.63, 3.8) is 0 Å². The third-order valence-corrected chi connectivity index (χ3v) is 1.94. The van der Waals surface area contributed by atoms with Gasteiger partial charge in [0.15, 0.2) is 0 Å². The SMILES string of the molecule is C=C(/C=C\C)NC(=O)NCc1ccccc1. The van der Waals surface area contributed by atoms with Crippen LogP contribution in [0.2, 0.25) is 0 Å². The Morgan fingerprint density at radius 1 is 1.38 bits per heavy atom. The Morgan fingerprint density at radius 3 is 2.69 bits per heavy atom. The number of hydrogen-bond donors (Lipinski definition) is 2. The molecule has 3 heteroatoms. The van der Waals surface area contributed by atoms with Gasteiger partial charge in [-0.3, -0.25) is 0 Å². The van der Waals surface area contributed by atoms with Crippen molar-refractivity contribution < 1.29 is 4.79 Å². The molecule has 0 fully saturated rings. The first-order valence-electron chi connectivity index (χ1n) is 5.12. The highest BCUT2D eigenvalue weighted by Gasteiger charge is 1.99. The van der Waals surface area contributed by atoms with Crippen LogP contribution in [0.25, 0.3) is 0 Å². The highest BCUT2D eigenvalue weighted by molar-refractivity contribution is 5.76. The quantitative estimate of drug-likeness (QED) is 0.746. The molecular formula is C13H16N2O. The predicted molar refractivity (Wildman–Crippen MR) is 65.8 cm³/mol. The number of benzene rings is 1. The van der Waals surface area contributed by atoms with Crippen LogP contribution in [0.5, 0.6) is 0 Å². The average molecular weight is 216 g/mol. The predicted octanol–water partition coefficient (Wildman–Crippen LogP) is 2.58. The van der Waals surface area contributed by atoms with Gasteiger partial charge in [-0.2, -0.15) is 0 Å². The molecule has 1 aromatic carbocycles. The summed E-state index contributed by atoms with van der Waals surface area (Å²) in [6, 6.07) is 9.49. The van der Waals surface area contributed by atoms with E-state index < -0.39 is 0 Å². The number of hydrogen-bond acceptors (Lipinski definition) is 1. The molecule has 84 valence electrons. The first-order valence-corrected chi connectivity index (χ1v) is 5.12. The summed E-state index contributed by atoms with van der Waals surface area (Å²) in [7, 11) is 0. The van der Waals surface area contributed by atoms with Crippen LogP contribution in [-0.4, -0.2) is 6.03 Å². The van der Waals surface area contributed by atoms with Gasteiger partial charge < -0.3 is 10.6 Å². The van der Waals surface area contributed by atoms with Gasteiger partial charge in [-0.05, 0) is 18.6 Å². The van der Waals surface area contributed by atoms with E-state index >= 15 is 0 Å². The highest BCUT2D eigenvalue weighted by Crippen LogP contribution is 1.97. The summed E-state index contributed by atoms with van der Waals surface area (Å²) < 4.78 is 0. The van der Waals surface area contributed by atoms with E-state index in [0.717, 1.165) is 5.56 Å². The molecule has 2 N–H and O–H groups in total. The van der Waals surface area contributed by atoms with Crippen LogP contribution in [0.4, 0.5) is 4.79 Å². The number of rotatable bonds is 4. The van der Waals surface area contributed by atoms with Crippen LogP contribution in [-0.2, 0) is 6.54 Å². The molecule has 0 spiro atoms. The van der Waals surface area contributed by atoms with Gasteiger partial charge >= 0.3 is 6.03 Å². The molecule has 3 nitrogen and oxygen atoms in total. The minimum Gasteiger partial charge on any atom is -0.334 e. The summed E-state index contributed by atoms with van der Waals surface area (Å²) in [6.45, 7) is 6.06. The molecule has 0 bridgehead atoms. The summed E-state index contributed by atoms with van der Waals surface area (Å²) in [6.07, 6.45) is 3.56. The van der Waals surface area contributed by atoms with E-state index in [9.17, 15) is 4.79 Å². The molecule has 0 aliphatic heterocycles. The Morgan fingerprint density at radius 2 is 2.06 bits per heavy atom. The lowest BCUT2D eigenvalue weighted by atomic mass is 10.2. The number of urea groups is 1. The third kappa shape index (κ3) is 4.46. The average Bonchev–Trinajstić information content (AvgIpc) is 2.28. The van der Waals surface area contributed by atoms with Crippen LogP contribution < -0.4 is 10.6 Å². The van der Waals surface area contributed by atoms with Crippen molar-refractivity contribution in [2.24, 2.45) is 0 Å². The van der Waals surface area contributed by atoms with Crippen molar-refractivity contribution in [1.29, 1.82) is 0 Å². The molecular weight excluding hydrogens is 200 g/mol. The van der Waals surface area contributed by atoms with E-state index in [4.69, 9.17) is 0 Å². The number of amides is 2. The van der Waals surface area contributed by atoms with E-state index in [-0.39, 0.29) is 6.03 Å². The van der Waals surface area contributed by atoms with Gasteiger partial charge in [-0.15, -0.1) is 0 Å². The zero-order valence-electron chi connectivity index (χ0n) is 9.36. The van der Waals surface area contributed by atoms with Gasteiger partial charge in [-0.1, -0.05) is 43.0 Å². The first kappa shape index (κ1) is 12.0. The summed E-state index contributed by atoms with van der Waals surface area (Å²) in [5.41, 5.74) is 1.64. The van der Waals surface area contributed by atoms with Crippen molar-refractivity contribution in [2.75, 3.05) is 0 Å².